The van der Waals surface area contributed by atoms with Gasteiger partial charge in [0.15, 0.2) is 0 Å². The number of hydrogen-bond donors (Lipinski definition) is 0. The largest absolute Gasteiger partial charge is 0.361 e. The summed E-state index contributed by atoms with van der Waals surface area (Å²) in [5, 5.41) is 0. The smallest absolute Gasteiger partial charge is 0.120 e. The van der Waals surface area contributed by atoms with Crippen LogP contribution in [-0.2, 0) is 10.3 Å². The standard InChI is InChI=1S/C14H16O/c1-2-4-11(5-3-1)14-9-8-13(6-7-13)10-12(14)15-14/h1-5,12H,6-10H2/t12-,14-/m1/s1. The van der Waals surface area contributed by atoms with Crippen LogP contribution in [0.4, 0.5) is 0 Å². The van der Waals surface area contributed by atoms with E-state index in [2.05, 4.69) is 30.3 Å². The highest BCUT2D eigenvalue weighted by Crippen LogP contribution is 2.67. The highest BCUT2D eigenvalue weighted by molar-refractivity contribution is 5.31. The van der Waals surface area contributed by atoms with E-state index in [4.69, 9.17) is 4.74 Å². The van der Waals surface area contributed by atoms with Crippen LogP contribution in [0.15, 0.2) is 30.3 Å². The second-order valence-corrected chi connectivity index (χ2v) is 5.57. The van der Waals surface area contributed by atoms with Crippen molar-refractivity contribution >= 4 is 0 Å². The van der Waals surface area contributed by atoms with Crippen molar-refractivity contribution in [3.63, 3.8) is 0 Å². The monoisotopic (exact) mass is 200 g/mol. The Morgan fingerprint density at radius 2 is 1.73 bits per heavy atom. The van der Waals surface area contributed by atoms with E-state index in [1.165, 1.54) is 37.7 Å². The summed E-state index contributed by atoms with van der Waals surface area (Å²) in [4.78, 5) is 0. The second kappa shape index (κ2) is 2.46. The van der Waals surface area contributed by atoms with Crippen molar-refractivity contribution in [3.8, 4) is 0 Å². The minimum Gasteiger partial charge on any atom is -0.361 e. The Morgan fingerprint density at radius 1 is 1.00 bits per heavy atom. The molecule has 0 N–H and O–H groups in total. The molecular weight excluding hydrogens is 184 g/mol. The first-order valence-corrected chi connectivity index (χ1v) is 6.07. The first kappa shape index (κ1) is 8.35. The van der Waals surface area contributed by atoms with Crippen LogP contribution in [0, 0.1) is 5.41 Å². The number of hydrogen-bond acceptors (Lipinski definition) is 1. The van der Waals surface area contributed by atoms with Gasteiger partial charge in [-0.05, 0) is 43.1 Å². The van der Waals surface area contributed by atoms with Gasteiger partial charge in [0.2, 0.25) is 0 Å². The fourth-order valence-corrected chi connectivity index (χ4v) is 3.34. The maximum Gasteiger partial charge on any atom is 0.120 e. The maximum atomic E-state index is 6.03. The third kappa shape index (κ3) is 1.07. The van der Waals surface area contributed by atoms with Crippen LogP contribution in [0.3, 0.4) is 0 Å². The van der Waals surface area contributed by atoms with E-state index in [9.17, 15) is 0 Å². The van der Waals surface area contributed by atoms with E-state index in [0.29, 0.717) is 6.10 Å². The quantitative estimate of drug-likeness (QED) is 0.634. The molecule has 78 valence electrons. The zero-order chi connectivity index (χ0) is 9.93. The number of rotatable bonds is 1. The summed E-state index contributed by atoms with van der Waals surface area (Å²) < 4.78 is 6.03. The van der Waals surface area contributed by atoms with E-state index in [0.717, 1.165) is 5.41 Å². The van der Waals surface area contributed by atoms with Crippen molar-refractivity contribution in [2.75, 3.05) is 0 Å². The topological polar surface area (TPSA) is 12.5 Å². The van der Waals surface area contributed by atoms with Crippen molar-refractivity contribution in [2.45, 2.75) is 43.8 Å². The van der Waals surface area contributed by atoms with Crippen LogP contribution in [0.2, 0.25) is 0 Å². The molecule has 1 nitrogen and oxygen atoms in total. The molecule has 4 rings (SSSR count). The molecule has 0 bridgehead atoms. The van der Waals surface area contributed by atoms with E-state index in [1.807, 2.05) is 0 Å². The maximum absolute atomic E-state index is 6.03. The Hall–Kier alpha value is -0.820. The van der Waals surface area contributed by atoms with Crippen molar-refractivity contribution in [1.29, 1.82) is 0 Å². The van der Waals surface area contributed by atoms with Crippen molar-refractivity contribution in [3.05, 3.63) is 35.9 Å². The van der Waals surface area contributed by atoms with Gasteiger partial charge in [-0.3, -0.25) is 0 Å². The van der Waals surface area contributed by atoms with Crippen molar-refractivity contribution in [2.24, 2.45) is 5.41 Å². The summed E-state index contributed by atoms with van der Waals surface area (Å²) in [6.45, 7) is 0. The van der Waals surface area contributed by atoms with E-state index in [-0.39, 0.29) is 5.60 Å². The van der Waals surface area contributed by atoms with Gasteiger partial charge in [0.05, 0.1) is 6.10 Å². The molecule has 15 heavy (non-hydrogen) atoms. The lowest BCUT2D eigenvalue weighted by atomic mass is 9.77. The number of ether oxygens (including phenoxy) is 1. The summed E-state index contributed by atoms with van der Waals surface area (Å²) in [6, 6.07) is 10.8. The van der Waals surface area contributed by atoms with E-state index in [1.54, 1.807) is 0 Å². The molecule has 1 aromatic rings. The molecule has 1 heteroatoms. The Bertz CT molecular complexity index is 393. The zero-order valence-electron chi connectivity index (χ0n) is 8.91. The first-order chi connectivity index (χ1) is 7.33. The number of benzene rings is 1. The summed E-state index contributed by atoms with van der Waals surface area (Å²) >= 11 is 0. The predicted octanol–water partition coefficient (Wildman–Crippen LogP) is 3.24. The molecule has 1 heterocycles. The van der Waals surface area contributed by atoms with Gasteiger partial charge >= 0.3 is 0 Å². The lowest BCUT2D eigenvalue weighted by molar-refractivity contribution is 0.281. The molecular formula is C14H16O. The fourth-order valence-electron chi connectivity index (χ4n) is 3.34. The summed E-state index contributed by atoms with van der Waals surface area (Å²) in [7, 11) is 0. The molecule has 1 aromatic carbocycles. The minimum absolute atomic E-state index is 0.134. The van der Waals surface area contributed by atoms with Gasteiger partial charge in [-0.2, -0.15) is 0 Å². The lowest BCUT2D eigenvalue weighted by Gasteiger charge is -2.24. The summed E-state index contributed by atoms with van der Waals surface area (Å²) in [5.74, 6) is 0. The molecule has 3 fully saturated rings. The zero-order valence-corrected chi connectivity index (χ0v) is 8.91. The average Bonchev–Trinajstić information content (AvgIpc) is 3.18. The van der Waals surface area contributed by atoms with Gasteiger partial charge < -0.3 is 4.74 Å². The average molecular weight is 200 g/mol. The van der Waals surface area contributed by atoms with Gasteiger partial charge in [-0.25, -0.2) is 0 Å². The lowest BCUT2D eigenvalue weighted by Crippen LogP contribution is -2.23. The van der Waals surface area contributed by atoms with Crippen LogP contribution in [-0.4, -0.2) is 6.10 Å². The molecule has 1 aliphatic heterocycles. The van der Waals surface area contributed by atoms with Gasteiger partial charge in [-0.1, -0.05) is 30.3 Å². The van der Waals surface area contributed by atoms with Crippen LogP contribution in [0.25, 0.3) is 0 Å². The van der Waals surface area contributed by atoms with Crippen LogP contribution < -0.4 is 0 Å². The first-order valence-electron chi connectivity index (χ1n) is 6.07. The molecule has 2 saturated carbocycles. The second-order valence-electron chi connectivity index (χ2n) is 5.57. The molecule has 2 aliphatic carbocycles. The molecule has 0 aromatic heterocycles. The molecule has 2 atom stereocenters. The third-order valence-electron chi connectivity index (χ3n) is 4.68. The third-order valence-corrected chi connectivity index (χ3v) is 4.68. The van der Waals surface area contributed by atoms with Crippen LogP contribution in [0.5, 0.6) is 0 Å². The van der Waals surface area contributed by atoms with Crippen molar-refractivity contribution < 1.29 is 4.74 Å². The molecule has 0 radical (unpaired) electrons. The van der Waals surface area contributed by atoms with Gasteiger partial charge in [0.1, 0.15) is 5.60 Å². The van der Waals surface area contributed by atoms with Gasteiger partial charge in [0.25, 0.3) is 0 Å². The Labute approximate surface area is 90.4 Å². The molecule has 1 saturated heterocycles. The summed E-state index contributed by atoms with van der Waals surface area (Å²) in [6.07, 6.45) is 7.41. The van der Waals surface area contributed by atoms with E-state index >= 15 is 0 Å². The minimum atomic E-state index is 0.134. The molecule has 1 spiro atoms. The Balaban J connectivity index is 1.64. The van der Waals surface area contributed by atoms with Crippen LogP contribution in [0.1, 0.15) is 37.7 Å². The normalized spacial score (nSPS) is 39.9. The Kier molecular flexibility index (Phi) is 1.37. The molecule has 3 aliphatic rings. The SMILES string of the molecule is c1ccc([C@]23CCC4(CC4)C[C@H]2O3)cc1. The van der Waals surface area contributed by atoms with Crippen LogP contribution >= 0.6 is 0 Å². The highest BCUT2D eigenvalue weighted by atomic mass is 16.6. The summed E-state index contributed by atoms with van der Waals surface area (Å²) in [5.41, 5.74) is 2.26. The predicted molar refractivity (Wildman–Crippen MR) is 58.5 cm³/mol. The Morgan fingerprint density at radius 3 is 2.40 bits per heavy atom. The number of epoxide rings is 1. The number of fused-ring (bicyclic) bond motifs is 1. The highest BCUT2D eigenvalue weighted by Gasteiger charge is 2.65. The van der Waals surface area contributed by atoms with Gasteiger partial charge in [0, 0.05) is 0 Å². The van der Waals surface area contributed by atoms with E-state index < -0.39 is 0 Å². The molecule has 0 unspecified atom stereocenters. The van der Waals surface area contributed by atoms with Crippen molar-refractivity contribution in [1.82, 2.24) is 0 Å². The fraction of sp³-hybridized carbons (Fsp3) is 0.571. The van der Waals surface area contributed by atoms with Gasteiger partial charge in [-0.15, -0.1) is 0 Å². The molecule has 0 amide bonds.